The zero-order chi connectivity index (χ0) is 18.6. The quantitative estimate of drug-likeness (QED) is 0.453. The number of amides is 1. The van der Waals surface area contributed by atoms with Crippen LogP contribution in [0, 0.1) is 0 Å². The summed E-state index contributed by atoms with van der Waals surface area (Å²) in [5.74, 6) is -0.183. The van der Waals surface area contributed by atoms with Gasteiger partial charge in [0, 0.05) is 22.2 Å². The summed E-state index contributed by atoms with van der Waals surface area (Å²) in [6.45, 7) is 0.476. The Hall–Kier alpha value is -3.04. The van der Waals surface area contributed by atoms with Crippen LogP contribution in [0.15, 0.2) is 84.9 Å². The fraction of sp³-hybridized carbons (Fsp3) is 0.0870. The highest BCUT2D eigenvalue weighted by Crippen LogP contribution is 2.33. The van der Waals surface area contributed by atoms with Gasteiger partial charge in [-0.25, -0.2) is 0 Å². The Labute approximate surface area is 163 Å². The van der Waals surface area contributed by atoms with E-state index in [1.54, 1.807) is 4.90 Å². The Kier molecular flexibility index (Phi) is 4.95. The number of hydrogen-bond donors (Lipinski definition) is 1. The van der Waals surface area contributed by atoms with Crippen LogP contribution in [0.4, 0.5) is 5.69 Å². The van der Waals surface area contributed by atoms with Crippen LogP contribution in [-0.4, -0.2) is 16.8 Å². The molecule has 0 saturated heterocycles. The van der Waals surface area contributed by atoms with E-state index in [1.165, 1.54) is 0 Å². The number of aromatic amines is 1. The number of fused-ring (bicyclic) bond motifs is 1. The van der Waals surface area contributed by atoms with E-state index in [9.17, 15) is 4.79 Å². The Bertz CT molecular complexity index is 1040. The molecule has 0 saturated carbocycles. The number of halogens is 1. The number of nitrogens with zero attached hydrogens (tertiary/aromatic N) is 1. The Morgan fingerprint density at radius 3 is 2.37 bits per heavy atom. The fourth-order valence-corrected chi connectivity index (χ4v) is 3.45. The summed E-state index contributed by atoms with van der Waals surface area (Å²) in [6, 6.07) is 28.1. The molecule has 134 valence electrons. The van der Waals surface area contributed by atoms with Gasteiger partial charge in [-0.05, 0) is 23.8 Å². The molecule has 3 aromatic carbocycles. The second kappa shape index (κ2) is 7.68. The van der Waals surface area contributed by atoms with Crippen LogP contribution in [0.3, 0.4) is 0 Å². The molecule has 27 heavy (non-hydrogen) atoms. The highest BCUT2D eigenvalue weighted by atomic mass is 35.5. The number of alkyl halides is 1. The second-order valence-electron chi connectivity index (χ2n) is 6.39. The number of carbonyl (C=O) groups is 1. The predicted molar refractivity (Wildman–Crippen MR) is 112 cm³/mol. The van der Waals surface area contributed by atoms with Gasteiger partial charge in [-0.15, -0.1) is 11.6 Å². The summed E-state index contributed by atoms with van der Waals surface area (Å²) in [6.07, 6.45) is 0. The van der Waals surface area contributed by atoms with Crippen LogP contribution in [0.2, 0.25) is 0 Å². The Morgan fingerprint density at radius 1 is 0.889 bits per heavy atom. The number of rotatable bonds is 5. The minimum atomic E-state index is -0.121. The summed E-state index contributed by atoms with van der Waals surface area (Å²) in [5.41, 5.74) is 4.93. The minimum absolute atomic E-state index is 0.0616. The summed E-state index contributed by atoms with van der Waals surface area (Å²) in [7, 11) is 0. The summed E-state index contributed by atoms with van der Waals surface area (Å²) in [5, 5.41) is 1.14. The third-order valence-corrected chi connectivity index (χ3v) is 4.84. The van der Waals surface area contributed by atoms with Gasteiger partial charge in [-0.1, -0.05) is 66.7 Å². The first-order chi connectivity index (χ1) is 13.3. The van der Waals surface area contributed by atoms with Crippen LogP contribution in [0.5, 0.6) is 0 Å². The number of hydrogen-bond acceptors (Lipinski definition) is 1. The summed E-state index contributed by atoms with van der Waals surface area (Å²) >= 11 is 5.93. The van der Waals surface area contributed by atoms with Crippen LogP contribution >= 0.6 is 11.6 Å². The number of carbonyl (C=O) groups excluding carboxylic acids is 1. The van der Waals surface area contributed by atoms with Gasteiger partial charge in [-0.2, -0.15) is 0 Å². The fourth-order valence-electron chi connectivity index (χ4n) is 3.30. The van der Waals surface area contributed by atoms with Crippen LogP contribution < -0.4 is 4.90 Å². The minimum Gasteiger partial charge on any atom is -0.354 e. The van der Waals surface area contributed by atoms with Crippen molar-refractivity contribution in [1.29, 1.82) is 0 Å². The molecule has 3 nitrogen and oxygen atoms in total. The van der Waals surface area contributed by atoms with E-state index in [-0.39, 0.29) is 11.8 Å². The molecule has 0 bridgehead atoms. The highest BCUT2D eigenvalue weighted by Gasteiger charge is 2.19. The standard InChI is InChI=1S/C23H19ClN2O/c24-15-23(27)26(16-17-8-2-1-3-9-17)22-13-7-5-11-19(22)21-14-18-10-4-6-12-20(18)25-21/h1-14,25H,15-16H2. The third kappa shape index (κ3) is 3.60. The molecule has 0 aliphatic carbocycles. The molecule has 0 aliphatic rings. The van der Waals surface area contributed by atoms with Crippen molar-refractivity contribution in [2.75, 3.05) is 10.8 Å². The van der Waals surface area contributed by atoms with Crippen molar-refractivity contribution in [2.24, 2.45) is 0 Å². The van der Waals surface area contributed by atoms with Gasteiger partial charge < -0.3 is 9.88 Å². The molecule has 4 rings (SSSR count). The topological polar surface area (TPSA) is 36.1 Å². The van der Waals surface area contributed by atoms with E-state index in [4.69, 9.17) is 11.6 Å². The lowest BCUT2D eigenvalue weighted by Crippen LogP contribution is -2.31. The molecular weight excluding hydrogens is 356 g/mol. The van der Waals surface area contributed by atoms with Crippen molar-refractivity contribution in [1.82, 2.24) is 4.98 Å². The molecule has 0 fully saturated rings. The van der Waals surface area contributed by atoms with Gasteiger partial charge in [0.25, 0.3) is 0 Å². The van der Waals surface area contributed by atoms with Crippen LogP contribution in [0.1, 0.15) is 5.56 Å². The molecule has 1 N–H and O–H groups in total. The number of aromatic nitrogens is 1. The van der Waals surface area contributed by atoms with E-state index < -0.39 is 0 Å². The molecule has 1 aromatic heterocycles. The van der Waals surface area contributed by atoms with Crippen LogP contribution in [0.25, 0.3) is 22.2 Å². The first-order valence-electron chi connectivity index (χ1n) is 8.83. The van der Waals surface area contributed by atoms with E-state index in [1.807, 2.05) is 72.8 Å². The molecule has 1 heterocycles. The largest absolute Gasteiger partial charge is 0.354 e. The van der Waals surface area contributed by atoms with Gasteiger partial charge in [-0.3, -0.25) is 4.79 Å². The van der Waals surface area contributed by atoms with E-state index in [0.29, 0.717) is 6.54 Å². The van der Waals surface area contributed by atoms with Gasteiger partial charge in [0.15, 0.2) is 0 Å². The summed E-state index contributed by atoms with van der Waals surface area (Å²) < 4.78 is 0. The summed E-state index contributed by atoms with van der Waals surface area (Å²) in [4.78, 5) is 17.9. The molecule has 4 heteroatoms. The van der Waals surface area contributed by atoms with Crippen molar-refractivity contribution in [3.63, 3.8) is 0 Å². The van der Waals surface area contributed by atoms with Crippen molar-refractivity contribution in [2.45, 2.75) is 6.54 Å². The van der Waals surface area contributed by atoms with Crippen molar-refractivity contribution in [3.05, 3.63) is 90.5 Å². The van der Waals surface area contributed by atoms with E-state index in [0.717, 1.165) is 33.4 Å². The zero-order valence-corrected chi connectivity index (χ0v) is 15.5. The number of para-hydroxylation sites is 2. The average Bonchev–Trinajstić information content (AvgIpc) is 3.16. The maximum Gasteiger partial charge on any atom is 0.242 e. The van der Waals surface area contributed by atoms with Crippen molar-refractivity contribution < 1.29 is 4.79 Å². The zero-order valence-electron chi connectivity index (χ0n) is 14.7. The van der Waals surface area contributed by atoms with Crippen molar-refractivity contribution >= 4 is 34.1 Å². The maximum atomic E-state index is 12.7. The normalized spacial score (nSPS) is 10.9. The van der Waals surface area contributed by atoms with Gasteiger partial charge in [0.05, 0.1) is 12.2 Å². The molecule has 4 aromatic rings. The first kappa shape index (κ1) is 17.4. The number of nitrogens with one attached hydrogen (secondary N) is 1. The molecule has 0 atom stereocenters. The predicted octanol–water partition coefficient (Wildman–Crippen LogP) is 5.61. The average molecular weight is 375 g/mol. The monoisotopic (exact) mass is 374 g/mol. The Balaban J connectivity index is 1.80. The highest BCUT2D eigenvalue weighted by molar-refractivity contribution is 6.29. The number of anilines is 1. The molecule has 0 radical (unpaired) electrons. The van der Waals surface area contributed by atoms with E-state index in [2.05, 4.69) is 17.1 Å². The molecule has 0 spiro atoms. The molecule has 0 unspecified atom stereocenters. The third-order valence-electron chi connectivity index (χ3n) is 4.61. The smallest absolute Gasteiger partial charge is 0.242 e. The molecule has 1 amide bonds. The number of H-pyrrole nitrogens is 1. The lowest BCUT2D eigenvalue weighted by Gasteiger charge is -2.24. The second-order valence-corrected chi connectivity index (χ2v) is 6.65. The van der Waals surface area contributed by atoms with E-state index >= 15 is 0 Å². The van der Waals surface area contributed by atoms with Gasteiger partial charge in [0.2, 0.25) is 5.91 Å². The number of benzene rings is 3. The molecular formula is C23H19ClN2O. The van der Waals surface area contributed by atoms with Crippen molar-refractivity contribution in [3.8, 4) is 11.3 Å². The van der Waals surface area contributed by atoms with Gasteiger partial charge in [0.1, 0.15) is 5.88 Å². The lowest BCUT2D eigenvalue weighted by molar-refractivity contribution is -0.116. The molecule has 0 aliphatic heterocycles. The van der Waals surface area contributed by atoms with Crippen LogP contribution in [-0.2, 0) is 11.3 Å². The maximum absolute atomic E-state index is 12.7. The first-order valence-corrected chi connectivity index (χ1v) is 9.37. The Morgan fingerprint density at radius 2 is 1.59 bits per heavy atom. The SMILES string of the molecule is O=C(CCl)N(Cc1ccccc1)c1ccccc1-c1cc2ccccc2[nH]1. The van der Waals surface area contributed by atoms with Gasteiger partial charge >= 0.3 is 0 Å². The lowest BCUT2D eigenvalue weighted by atomic mass is 10.1.